The zero-order valence-electron chi connectivity index (χ0n) is 12.7. The first-order valence-electron chi connectivity index (χ1n) is 6.51. The minimum absolute atomic E-state index is 0.205. The van der Waals surface area contributed by atoms with Crippen molar-refractivity contribution in [2.24, 2.45) is 0 Å². The third kappa shape index (κ3) is 4.28. The highest BCUT2D eigenvalue weighted by Gasteiger charge is 2.24. The molecule has 5 nitrogen and oxygen atoms in total. The summed E-state index contributed by atoms with van der Waals surface area (Å²) in [5.74, 6) is 0. The standard InChI is InChI=1S/C14H24N2O3S/c1-11(17)12-6-8-13(9-7-12)20(18,19)15-10-14(2,3)16(4)5/h6-9,11,15,17H,10H2,1-5H3. The molecule has 0 heterocycles. The molecule has 0 fully saturated rings. The molecule has 1 aromatic rings. The minimum atomic E-state index is -3.53. The lowest BCUT2D eigenvalue weighted by atomic mass is 10.1. The number of hydrogen-bond donors (Lipinski definition) is 2. The van der Waals surface area contributed by atoms with Crippen molar-refractivity contribution in [1.82, 2.24) is 9.62 Å². The summed E-state index contributed by atoms with van der Waals surface area (Å²) in [6.07, 6.45) is -0.604. The third-order valence-electron chi connectivity index (χ3n) is 3.58. The Kier molecular flexibility index (Phi) is 5.32. The Morgan fingerprint density at radius 3 is 2.15 bits per heavy atom. The van der Waals surface area contributed by atoms with E-state index < -0.39 is 16.1 Å². The minimum Gasteiger partial charge on any atom is -0.389 e. The van der Waals surface area contributed by atoms with Crippen molar-refractivity contribution >= 4 is 10.0 Å². The maximum absolute atomic E-state index is 12.2. The van der Waals surface area contributed by atoms with Gasteiger partial charge in [0.15, 0.2) is 0 Å². The Labute approximate surface area is 121 Å². The lowest BCUT2D eigenvalue weighted by Gasteiger charge is -2.32. The van der Waals surface area contributed by atoms with Crippen LogP contribution in [0, 0.1) is 0 Å². The molecule has 0 radical (unpaired) electrons. The molecule has 1 aromatic carbocycles. The number of benzene rings is 1. The first-order valence-corrected chi connectivity index (χ1v) is 8.00. The van der Waals surface area contributed by atoms with Crippen LogP contribution in [-0.4, -0.2) is 44.6 Å². The summed E-state index contributed by atoms with van der Waals surface area (Å²) in [4.78, 5) is 2.17. The average molecular weight is 300 g/mol. The molecule has 20 heavy (non-hydrogen) atoms. The number of rotatable bonds is 6. The van der Waals surface area contributed by atoms with E-state index in [4.69, 9.17) is 0 Å². The molecule has 0 aliphatic rings. The fraction of sp³-hybridized carbons (Fsp3) is 0.571. The van der Waals surface area contributed by atoms with E-state index in [0.717, 1.165) is 0 Å². The predicted molar refractivity (Wildman–Crippen MR) is 80.0 cm³/mol. The number of aliphatic hydroxyl groups excluding tert-OH is 1. The van der Waals surface area contributed by atoms with Gasteiger partial charge in [0.05, 0.1) is 11.0 Å². The van der Waals surface area contributed by atoms with Crippen molar-refractivity contribution in [2.75, 3.05) is 20.6 Å². The third-order valence-corrected chi connectivity index (χ3v) is 5.00. The van der Waals surface area contributed by atoms with Gasteiger partial charge in [0.25, 0.3) is 0 Å². The molecule has 114 valence electrons. The van der Waals surface area contributed by atoms with Crippen molar-refractivity contribution in [3.63, 3.8) is 0 Å². The average Bonchev–Trinajstić information content (AvgIpc) is 2.36. The van der Waals surface area contributed by atoms with Crippen LogP contribution in [0.2, 0.25) is 0 Å². The molecule has 0 amide bonds. The van der Waals surface area contributed by atoms with E-state index in [1.165, 1.54) is 12.1 Å². The van der Waals surface area contributed by atoms with Gasteiger partial charge < -0.3 is 10.0 Å². The summed E-state index contributed by atoms with van der Waals surface area (Å²) in [7, 11) is 0.289. The fourth-order valence-electron chi connectivity index (χ4n) is 1.44. The molecule has 1 unspecified atom stereocenters. The molecule has 2 N–H and O–H groups in total. The van der Waals surface area contributed by atoms with Crippen LogP contribution in [0.25, 0.3) is 0 Å². The van der Waals surface area contributed by atoms with Gasteiger partial charge in [-0.3, -0.25) is 0 Å². The van der Waals surface area contributed by atoms with Gasteiger partial charge in [-0.2, -0.15) is 0 Å². The van der Waals surface area contributed by atoms with E-state index in [-0.39, 0.29) is 10.4 Å². The van der Waals surface area contributed by atoms with Crippen LogP contribution < -0.4 is 4.72 Å². The van der Waals surface area contributed by atoms with Crippen LogP contribution >= 0.6 is 0 Å². The van der Waals surface area contributed by atoms with E-state index in [9.17, 15) is 13.5 Å². The van der Waals surface area contributed by atoms with Crippen molar-refractivity contribution < 1.29 is 13.5 Å². The highest BCUT2D eigenvalue weighted by atomic mass is 32.2. The summed E-state index contributed by atoms with van der Waals surface area (Å²) in [6.45, 7) is 5.89. The molecule has 1 rings (SSSR count). The maximum atomic E-state index is 12.2. The molecular weight excluding hydrogens is 276 g/mol. The fourth-order valence-corrected chi connectivity index (χ4v) is 2.64. The SMILES string of the molecule is CC(O)c1ccc(S(=O)(=O)NCC(C)(C)N(C)C)cc1. The number of hydrogen-bond acceptors (Lipinski definition) is 4. The molecule has 0 saturated heterocycles. The summed E-state index contributed by atoms with van der Waals surface area (Å²) in [6, 6.07) is 6.26. The van der Waals surface area contributed by atoms with Gasteiger partial charge in [-0.1, -0.05) is 12.1 Å². The van der Waals surface area contributed by atoms with E-state index in [0.29, 0.717) is 12.1 Å². The summed E-state index contributed by atoms with van der Waals surface area (Å²) in [5.41, 5.74) is 0.421. The molecular formula is C14H24N2O3S. The molecule has 0 spiro atoms. The van der Waals surface area contributed by atoms with Crippen LogP contribution in [0.4, 0.5) is 0 Å². The molecule has 0 aliphatic carbocycles. The van der Waals surface area contributed by atoms with Gasteiger partial charge in [0.1, 0.15) is 0 Å². The highest BCUT2D eigenvalue weighted by Crippen LogP contribution is 2.16. The smallest absolute Gasteiger partial charge is 0.240 e. The molecule has 0 saturated carbocycles. The first-order chi connectivity index (χ1) is 9.06. The zero-order valence-corrected chi connectivity index (χ0v) is 13.5. The second kappa shape index (κ2) is 6.22. The van der Waals surface area contributed by atoms with E-state index in [1.54, 1.807) is 19.1 Å². The number of aliphatic hydroxyl groups is 1. The van der Waals surface area contributed by atoms with Crippen LogP contribution in [-0.2, 0) is 10.0 Å². The largest absolute Gasteiger partial charge is 0.389 e. The Morgan fingerprint density at radius 1 is 1.25 bits per heavy atom. The summed E-state index contributed by atoms with van der Waals surface area (Å²) >= 11 is 0. The van der Waals surface area contributed by atoms with Crippen molar-refractivity contribution in [1.29, 1.82) is 0 Å². The molecule has 0 aliphatic heterocycles. The summed E-state index contributed by atoms with van der Waals surface area (Å²) in [5, 5.41) is 9.42. The first kappa shape index (κ1) is 17.1. The van der Waals surface area contributed by atoms with Crippen molar-refractivity contribution in [3.8, 4) is 0 Å². The van der Waals surface area contributed by atoms with Gasteiger partial charge in [-0.25, -0.2) is 13.1 Å². The van der Waals surface area contributed by atoms with E-state index in [1.807, 2.05) is 32.8 Å². The Hall–Kier alpha value is -0.950. The van der Waals surface area contributed by atoms with E-state index in [2.05, 4.69) is 4.72 Å². The number of nitrogens with one attached hydrogen (secondary N) is 1. The second-order valence-corrected chi connectivity index (χ2v) is 7.54. The van der Waals surface area contributed by atoms with Crippen LogP contribution in [0.3, 0.4) is 0 Å². The lowest BCUT2D eigenvalue weighted by Crippen LogP contribution is -2.48. The highest BCUT2D eigenvalue weighted by molar-refractivity contribution is 7.89. The van der Waals surface area contributed by atoms with Gasteiger partial charge in [0, 0.05) is 12.1 Å². The van der Waals surface area contributed by atoms with Crippen LogP contribution in [0.15, 0.2) is 29.2 Å². The van der Waals surface area contributed by atoms with Gasteiger partial charge in [-0.05, 0) is 52.6 Å². The molecule has 0 aromatic heterocycles. The van der Waals surface area contributed by atoms with Gasteiger partial charge in [-0.15, -0.1) is 0 Å². The normalized spacial score (nSPS) is 14.6. The Balaban J connectivity index is 2.84. The van der Waals surface area contributed by atoms with E-state index >= 15 is 0 Å². The van der Waals surface area contributed by atoms with Gasteiger partial charge in [0.2, 0.25) is 10.0 Å². The van der Waals surface area contributed by atoms with Crippen LogP contribution in [0.5, 0.6) is 0 Å². The van der Waals surface area contributed by atoms with Gasteiger partial charge >= 0.3 is 0 Å². The lowest BCUT2D eigenvalue weighted by molar-refractivity contribution is 0.198. The number of sulfonamides is 1. The Morgan fingerprint density at radius 2 is 1.75 bits per heavy atom. The summed E-state index contributed by atoms with van der Waals surface area (Å²) < 4.78 is 27.0. The molecule has 0 bridgehead atoms. The second-order valence-electron chi connectivity index (χ2n) is 5.78. The quantitative estimate of drug-likeness (QED) is 0.832. The molecule has 1 atom stereocenters. The number of likely N-dealkylation sites (N-methyl/N-ethyl adjacent to an activating group) is 1. The number of nitrogens with zero attached hydrogens (tertiary/aromatic N) is 1. The topological polar surface area (TPSA) is 69.6 Å². The predicted octanol–water partition coefficient (Wildman–Crippen LogP) is 1.36. The monoisotopic (exact) mass is 300 g/mol. The van der Waals surface area contributed by atoms with Crippen molar-refractivity contribution in [3.05, 3.63) is 29.8 Å². The maximum Gasteiger partial charge on any atom is 0.240 e. The van der Waals surface area contributed by atoms with Crippen LogP contribution in [0.1, 0.15) is 32.4 Å². The molecule has 6 heteroatoms. The Bertz CT molecular complexity index is 534. The van der Waals surface area contributed by atoms with Crippen molar-refractivity contribution in [2.45, 2.75) is 37.3 Å². The zero-order chi connectivity index (χ0) is 15.6.